The Morgan fingerprint density at radius 2 is 1.57 bits per heavy atom. The molecule has 2 aromatic rings. The summed E-state index contributed by atoms with van der Waals surface area (Å²) in [5.41, 5.74) is 1.53. The van der Waals surface area contributed by atoms with E-state index in [1.54, 1.807) is 62.4 Å². The lowest BCUT2D eigenvalue weighted by Crippen LogP contribution is -2.63. The third-order valence-corrected chi connectivity index (χ3v) is 14.8. The summed E-state index contributed by atoms with van der Waals surface area (Å²) >= 11 is 0.136. The van der Waals surface area contributed by atoms with Crippen LogP contribution >= 0.6 is 24.6 Å². The quantitative estimate of drug-likeness (QED) is 0.0343. The van der Waals surface area contributed by atoms with Crippen molar-refractivity contribution in [3.63, 3.8) is 0 Å². The summed E-state index contributed by atoms with van der Waals surface area (Å²) in [6, 6.07) is 13.0. The molecular formula is C43H52O18S2-2. The van der Waals surface area contributed by atoms with Gasteiger partial charge in [0, 0.05) is 11.8 Å². The maximum absolute atomic E-state index is 13.5. The summed E-state index contributed by atoms with van der Waals surface area (Å²) in [5.74, 6) is -3.36. The molecule has 4 saturated carbocycles. The standard InChI is InChI=1S/C43H54O18S2/c1-22(2)17-34(45)55-37-36(57-63-61-59-51)35(56-62-60-58-50)32(21-52-40(49)26-7-5-24(6-8-26)25-9-12-28(44)13-10-25)54-41(37)53-29-18-30(39(47)48)31-15-16-43-19-27(23(3)38(43)46)11-14-33(43)42(31,4)20-29/h5-10,12-13,22,27,29-33,35-38,41,44,46,50-51H,3,11,14-21H2,1-2,4H3,(H,47,48)/p-2/t27?,29?,30?,31?,32-,33?,35+,36?,37?,38-,41?,42?,43?/m0/s1. The van der Waals surface area contributed by atoms with Crippen LogP contribution in [0.5, 0.6) is 5.75 Å². The lowest BCUT2D eigenvalue weighted by molar-refractivity contribution is -0.778. The van der Waals surface area contributed by atoms with Gasteiger partial charge < -0.3 is 44.8 Å². The molecule has 2 aromatic carbocycles. The van der Waals surface area contributed by atoms with E-state index in [1.165, 1.54) is 0 Å². The molecule has 0 radical (unpaired) electrons. The van der Waals surface area contributed by atoms with Crippen molar-refractivity contribution in [1.29, 1.82) is 0 Å². The van der Waals surface area contributed by atoms with Crippen molar-refractivity contribution in [2.75, 3.05) is 6.61 Å². The van der Waals surface area contributed by atoms with Gasteiger partial charge in [-0.15, -0.1) is 8.67 Å². The molecule has 3 N–H and O–H groups in total. The van der Waals surface area contributed by atoms with E-state index in [1.807, 2.05) is 0 Å². The van der Waals surface area contributed by atoms with Crippen LogP contribution in [0.25, 0.3) is 11.1 Å². The zero-order valence-corrected chi connectivity index (χ0v) is 36.5. The van der Waals surface area contributed by atoms with Gasteiger partial charge in [-0.2, -0.15) is 0 Å². The van der Waals surface area contributed by atoms with E-state index in [9.17, 15) is 40.2 Å². The van der Waals surface area contributed by atoms with Gasteiger partial charge in [-0.05, 0) is 115 Å². The van der Waals surface area contributed by atoms with Crippen LogP contribution in [0.4, 0.5) is 0 Å². The van der Waals surface area contributed by atoms with E-state index in [2.05, 4.69) is 32.2 Å². The van der Waals surface area contributed by atoms with Crippen LogP contribution in [0, 0.1) is 40.4 Å². The molecule has 20 heteroatoms. The maximum atomic E-state index is 13.5. The van der Waals surface area contributed by atoms with Gasteiger partial charge in [0.15, 0.2) is 37.0 Å². The first-order valence-electron chi connectivity index (χ1n) is 20.9. The molecule has 63 heavy (non-hydrogen) atoms. The highest BCUT2D eigenvalue weighted by Crippen LogP contribution is 2.70. The van der Waals surface area contributed by atoms with E-state index in [0.717, 1.165) is 36.0 Å². The monoisotopic (exact) mass is 920 g/mol. The number of phenolic OH excluding ortho intramolecular Hbond substituents is 1. The number of phenols is 1. The molecule has 1 aliphatic heterocycles. The van der Waals surface area contributed by atoms with Gasteiger partial charge in [0.2, 0.25) is 0 Å². The molecule has 7 rings (SSSR count). The van der Waals surface area contributed by atoms with Crippen LogP contribution in [0.2, 0.25) is 0 Å². The van der Waals surface area contributed by atoms with Gasteiger partial charge in [0.05, 0.1) is 23.7 Å². The molecule has 4 aliphatic carbocycles. The predicted molar refractivity (Wildman–Crippen MR) is 216 cm³/mol. The summed E-state index contributed by atoms with van der Waals surface area (Å²) < 4.78 is 45.3. The number of fused-ring (bicyclic) bond motifs is 3. The summed E-state index contributed by atoms with van der Waals surface area (Å²) in [6.45, 7) is 9.40. The fourth-order valence-electron chi connectivity index (χ4n) is 11.4. The van der Waals surface area contributed by atoms with Crippen LogP contribution in [0.1, 0.15) is 82.5 Å². The average molecular weight is 921 g/mol. The van der Waals surface area contributed by atoms with Gasteiger partial charge in [-0.1, -0.05) is 51.6 Å². The highest BCUT2D eigenvalue weighted by molar-refractivity contribution is 7.90. The Bertz CT molecular complexity index is 1920. The fraction of sp³-hybridized carbons (Fsp3) is 0.605. The number of carboxylic acid groups (broad SMARTS) is 1. The molecule has 1 heterocycles. The first-order chi connectivity index (χ1) is 30.2. The molecule has 18 nitrogen and oxygen atoms in total. The molecule has 2 bridgehead atoms. The Hall–Kier alpha value is -3.35. The summed E-state index contributed by atoms with van der Waals surface area (Å²) in [7, 11) is 0. The van der Waals surface area contributed by atoms with Crippen molar-refractivity contribution in [2.45, 2.75) is 115 Å². The largest absolute Gasteiger partial charge is 0.691 e. The minimum Gasteiger partial charge on any atom is -0.691 e. The van der Waals surface area contributed by atoms with Gasteiger partial charge >= 0.3 is 17.9 Å². The minimum absolute atomic E-state index is 0.0356. The highest BCUT2D eigenvalue weighted by Gasteiger charge is 2.67. The number of carbonyl (C=O) groups excluding carboxylic acids is 2. The molecule has 0 aromatic heterocycles. The van der Waals surface area contributed by atoms with E-state index in [0.29, 0.717) is 19.3 Å². The Balaban J connectivity index is 1.19. The molecule has 10 unspecified atom stereocenters. The number of esters is 2. The Labute approximate surface area is 372 Å². The Kier molecular flexibility index (Phi) is 15.4. The first kappa shape index (κ1) is 47.6. The van der Waals surface area contributed by atoms with E-state index >= 15 is 0 Å². The van der Waals surface area contributed by atoms with Crippen molar-refractivity contribution >= 4 is 42.6 Å². The van der Waals surface area contributed by atoms with Crippen LogP contribution in [-0.2, 0) is 55.6 Å². The number of aliphatic hydroxyl groups is 1. The normalized spacial score (nSPS) is 34.8. The molecule has 13 atom stereocenters. The van der Waals surface area contributed by atoms with Crippen LogP contribution in [0.15, 0.2) is 60.7 Å². The lowest BCUT2D eigenvalue weighted by atomic mass is 9.43. The molecule has 346 valence electrons. The molecular weight excluding hydrogens is 869 g/mol. The molecule has 5 fully saturated rings. The third-order valence-electron chi connectivity index (χ3n) is 14.0. The minimum atomic E-state index is -1.53. The number of hydrogen-bond donors (Lipinski definition) is 3. The lowest BCUT2D eigenvalue weighted by Gasteiger charge is -2.62. The van der Waals surface area contributed by atoms with Gasteiger partial charge in [0.1, 0.15) is 30.7 Å². The number of aliphatic carboxylic acids is 1. The van der Waals surface area contributed by atoms with E-state index < -0.39 is 84.2 Å². The van der Waals surface area contributed by atoms with Crippen LogP contribution < -0.4 is 10.5 Å². The van der Waals surface area contributed by atoms with Crippen molar-refractivity contribution < 1.29 is 86.3 Å². The second-order valence-electron chi connectivity index (χ2n) is 17.9. The topological polar surface area (TPSA) is 250 Å². The summed E-state index contributed by atoms with van der Waals surface area (Å²) in [4.78, 5) is 40.0. The van der Waals surface area contributed by atoms with Crippen molar-refractivity contribution in [3.05, 3.63) is 66.2 Å². The van der Waals surface area contributed by atoms with Gasteiger partial charge in [0.25, 0.3) is 0 Å². The zero-order chi connectivity index (χ0) is 45.1. The van der Waals surface area contributed by atoms with Gasteiger partial charge in [-0.3, -0.25) is 28.0 Å². The summed E-state index contributed by atoms with van der Waals surface area (Å²) in [5, 5.41) is 60.7. The predicted octanol–water partition coefficient (Wildman–Crippen LogP) is 4.87. The highest BCUT2D eigenvalue weighted by atomic mass is 32.2. The van der Waals surface area contributed by atoms with Crippen molar-refractivity contribution in [3.8, 4) is 16.9 Å². The molecule has 1 spiro atoms. The Morgan fingerprint density at radius 3 is 2.21 bits per heavy atom. The SMILES string of the molecule is C=C1C2CCC3C4(C)CC(OC5O[C@@H](COC(=O)c6ccc(-c7ccc(O)cc7)cc6)[C@@H](OSOO[O-])C(OSOO[O-])C5OC(=O)CC(C)C)CC(C(=O)O)C4CCC3(C2)[C@H]1O. The number of hydrogen-bond acceptors (Lipinski definition) is 19. The van der Waals surface area contributed by atoms with Crippen LogP contribution in [-0.4, -0.2) is 82.7 Å². The Morgan fingerprint density at radius 1 is 0.921 bits per heavy atom. The fourth-order valence-corrected chi connectivity index (χ4v) is 12.1. The average Bonchev–Trinajstić information content (AvgIpc) is 3.42. The third kappa shape index (κ3) is 10.1. The molecule has 5 aliphatic rings. The van der Waals surface area contributed by atoms with Gasteiger partial charge in [-0.25, -0.2) is 4.79 Å². The maximum Gasteiger partial charge on any atom is 0.338 e. The zero-order valence-electron chi connectivity index (χ0n) is 34.9. The number of carboxylic acids is 1. The molecule has 1 saturated heterocycles. The van der Waals surface area contributed by atoms with E-state index in [-0.39, 0.29) is 72.5 Å². The van der Waals surface area contributed by atoms with Crippen molar-refractivity contribution in [1.82, 2.24) is 0 Å². The number of aliphatic hydroxyl groups excluding tert-OH is 1. The second kappa shape index (κ2) is 20.4. The van der Waals surface area contributed by atoms with Crippen molar-refractivity contribution in [2.24, 2.45) is 40.4 Å². The summed E-state index contributed by atoms with van der Waals surface area (Å²) in [6.07, 6.45) is -4.70. The second-order valence-corrected chi connectivity index (χ2v) is 18.8. The number of carbonyl (C=O) groups is 3. The first-order valence-corrected chi connectivity index (χ1v) is 22.3. The number of ether oxygens (including phenoxy) is 4. The molecule has 0 amide bonds. The number of rotatable bonds is 18. The smallest absolute Gasteiger partial charge is 0.338 e. The van der Waals surface area contributed by atoms with Crippen LogP contribution in [0.3, 0.4) is 0 Å². The number of benzene rings is 2. The van der Waals surface area contributed by atoms with E-state index in [4.69, 9.17) is 27.3 Å². The number of aromatic hydroxyl groups is 1.